The van der Waals surface area contributed by atoms with Crippen LogP contribution in [-0.2, 0) is 4.74 Å². The highest BCUT2D eigenvalue weighted by atomic mass is 16.6. The van der Waals surface area contributed by atoms with Gasteiger partial charge in [-0.1, -0.05) is 50.3 Å². The first-order valence-corrected chi connectivity index (χ1v) is 11.9. The number of aliphatic hydroxyl groups excluding tert-OH is 3. The minimum Gasteiger partial charge on any atom is -0.481 e. The molecular formula is C25H31N5O5. The number of hydrogen-bond donors (Lipinski definition) is 4. The lowest BCUT2D eigenvalue weighted by atomic mass is 10.1. The van der Waals surface area contributed by atoms with Gasteiger partial charge in [-0.15, -0.1) is 0 Å². The van der Waals surface area contributed by atoms with Crippen LogP contribution in [0.5, 0.6) is 5.75 Å². The molecule has 1 fully saturated rings. The van der Waals surface area contributed by atoms with Crippen LogP contribution in [0.4, 0.5) is 5.82 Å². The molecule has 0 aliphatic carbocycles. The van der Waals surface area contributed by atoms with E-state index in [1.807, 2.05) is 30.3 Å². The minimum absolute atomic E-state index is 0.166. The Morgan fingerprint density at radius 1 is 1.11 bits per heavy atom. The second-order valence-electron chi connectivity index (χ2n) is 8.34. The van der Waals surface area contributed by atoms with Crippen LogP contribution in [0.2, 0.25) is 0 Å². The van der Waals surface area contributed by atoms with Crippen molar-refractivity contribution in [3.63, 3.8) is 0 Å². The summed E-state index contributed by atoms with van der Waals surface area (Å²) in [5, 5.41) is 33.5. The molecule has 4 rings (SSSR count). The third-order valence-electron chi connectivity index (χ3n) is 5.79. The molecule has 0 spiro atoms. The van der Waals surface area contributed by atoms with Crippen LogP contribution in [0.3, 0.4) is 0 Å². The SMILES string of the molecule is CCCCCCNc1nc(C#CCOc2ccccc2)nc2c1ncn2C1OC(CO)C(O)C1O. The number of aromatic nitrogens is 4. The summed E-state index contributed by atoms with van der Waals surface area (Å²) in [6.07, 6.45) is 1.56. The lowest BCUT2D eigenvalue weighted by Crippen LogP contribution is -2.33. The van der Waals surface area contributed by atoms with Crippen molar-refractivity contribution in [3.05, 3.63) is 42.5 Å². The van der Waals surface area contributed by atoms with Gasteiger partial charge in [-0.2, -0.15) is 0 Å². The highest BCUT2D eigenvalue weighted by Gasteiger charge is 2.44. The molecule has 0 amide bonds. The van der Waals surface area contributed by atoms with E-state index in [4.69, 9.17) is 9.47 Å². The number of hydrogen-bond acceptors (Lipinski definition) is 9. The van der Waals surface area contributed by atoms with E-state index in [1.54, 1.807) is 0 Å². The summed E-state index contributed by atoms with van der Waals surface area (Å²) in [5.41, 5.74) is 0.906. The maximum absolute atomic E-state index is 10.5. The van der Waals surface area contributed by atoms with Crippen LogP contribution in [0.15, 0.2) is 36.7 Å². The summed E-state index contributed by atoms with van der Waals surface area (Å²) >= 11 is 0. The van der Waals surface area contributed by atoms with Crippen LogP contribution in [0, 0.1) is 11.8 Å². The standard InChI is InChI=1S/C25H31N5O5/c1-2-3-4-8-13-26-23-20-24(30(16-27-20)25-22(33)21(32)18(15-31)35-25)29-19(28-23)12-9-14-34-17-10-6-5-7-11-17/h5-7,10-11,16,18,21-22,25,31-33H,2-4,8,13-15H2,1H3,(H,26,28,29). The van der Waals surface area contributed by atoms with E-state index in [9.17, 15) is 15.3 Å². The predicted octanol–water partition coefficient (Wildman–Crippen LogP) is 1.86. The Labute approximate surface area is 204 Å². The number of imidazole rings is 1. The van der Waals surface area contributed by atoms with Gasteiger partial charge in [0.1, 0.15) is 30.7 Å². The number of anilines is 1. The molecule has 35 heavy (non-hydrogen) atoms. The molecule has 1 aliphatic heterocycles. The van der Waals surface area contributed by atoms with Crippen molar-refractivity contribution in [1.82, 2.24) is 19.5 Å². The van der Waals surface area contributed by atoms with Gasteiger partial charge in [-0.3, -0.25) is 4.57 Å². The van der Waals surface area contributed by atoms with E-state index >= 15 is 0 Å². The number of benzene rings is 1. The van der Waals surface area contributed by atoms with Crippen LogP contribution in [-0.4, -0.2) is 72.9 Å². The molecule has 2 aromatic heterocycles. The van der Waals surface area contributed by atoms with Crippen molar-refractivity contribution in [1.29, 1.82) is 0 Å². The predicted molar refractivity (Wildman–Crippen MR) is 130 cm³/mol. The zero-order valence-electron chi connectivity index (χ0n) is 19.7. The lowest BCUT2D eigenvalue weighted by molar-refractivity contribution is -0.0511. The fourth-order valence-electron chi connectivity index (χ4n) is 3.90. The number of nitrogens with one attached hydrogen (secondary N) is 1. The van der Waals surface area contributed by atoms with Crippen molar-refractivity contribution in [3.8, 4) is 17.6 Å². The maximum atomic E-state index is 10.5. The third kappa shape index (κ3) is 5.89. The van der Waals surface area contributed by atoms with Crippen LogP contribution >= 0.6 is 0 Å². The van der Waals surface area contributed by atoms with E-state index in [1.165, 1.54) is 17.3 Å². The van der Waals surface area contributed by atoms with Crippen molar-refractivity contribution >= 4 is 17.0 Å². The average molecular weight is 482 g/mol. The van der Waals surface area contributed by atoms with E-state index in [0.29, 0.717) is 17.0 Å². The first-order valence-electron chi connectivity index (χ1n) is 11.9. The Bertz CT molecular complexity index is 1160. The van der Waals surface area contributed by atoms with Crippen molar-refractivity contribution in [2.24, 2.45) is 0 Å². The highest BCUT2D eigenvalue weighted by molar-refractivity contribution is 5.83. The maximum Gasteiger partial charge on any atom is 0.209 e. The summed E-state index contributed by atoms with van der Waals surface area (Å²) < 4.78 is 12.8. The molecule has 1 saturated heterocycles. The normalized spacial score (nSPS) is 21.6. The number of ether oxygens (including phenoxy) is 2. The largest absolute Gasteiger partial charge is 0.481 e. The molecule has 1 aromatic carbocycles. The highest BCUT2D eigenvalue weighted by Crippen LogP contribution is 2.32. The van der Waals surface area contributed by atoms with E-state index in [2.05, 4.69) is 39.0 Å². The van der Waals surface area contributed by atoms with Gasteiger partial charge in [0.2, 0.25) is 5.82 Å². The van der Waals surface area contributed by atoms with Crippen molar-refractivity contribution < 1.29 is 24.8 Å². The summed E-state index contributed by atoms with van der Waals surface area (Å²) in [6, 6.07) is 9.39. The Balaban J connectivity index is 1.59. The average Bonchev–Trinajstić information content (AvgIpc) is 3.42. The van der Waals surface area contributed by atoms with Gasteiger partial charge in [0, 0.05) is 6.54 Å². The monoisotopic (exact) mass is 481 g/mol. The van der Waals surface area contributed by atoms with Gasteiger partial charge in [-0.25, -0.2) is 15.0 Å². The molecule has 186 valence electrons. The van der Waals surface area contributed by atoms with E-state index in [-0.39, 0.29) is 12.4 Å². The molecule has 10 heteroatoms. The number of para-hydroxylation sites is 1. The van der Waals surface area contributed by atoms with Gasteiger partial charge < -0.3 is 30.1 Å². The van der Waals surface area contributed by atoms with Gasteiger partial charge in [-0.05, 0) is 24.5 Å². The smallest absolute Gasteiger partial charge is 0.209 e. The van der Waals surface area contributed by atoms with E-state index in [0.717, 1.165) is 31.6 Å². The second kappa shape index (κ2) is 12.0. The van der Waals surface area contributed by atoms with Crippen molar-refractivity contribution in [2.75, 3.05) is 25.1 Å². The van der Waals surface area contributed by atoms with Gasteiger partial charge in [0.05, 0.1) is 12.9 Å². The summed E-state index contributed by atoms with van der Waals surface area (Å²) in [6.45, 7) is 2.63. The minimum atomic E-state index is -1.25. The van der Waals surface area contributed by atoms with E-state index < -0.39 is 31.1 Å². The van der Waals surface area contributed by atoms with Crippen molar-refractivity contribution in [2.45, 2.75) is 57.1 Å². The molecule has 4 atom stereocenters. The molecule has 0 saturated carbocycles. The molecule has 4 N–H and O–H groups in total. The van der Waals surface area contributed by atoms with Gasteiger partial charge in [0.15, 0.2) is 23.2 Å². The summed E-state index contributed by atoms with van der Waals surface area (Å²) in [4.78, 5) is 13.5. The van der Waals surface area contributed by atoms with Crippen LogP contribution < -0.4 is 10.1 Å². The van der Waals surface area contributed by atoms with Crippen LogP contribution in [0.25, 0.3) is 11.2 Å². The topological polar surface area (TPSA) is 135 Å². The first-order chi connectivity index (χ1) is 17.1. The first kappa shape index (κ1) is 24.9. The molecule has 0 bridgehead atoms. The number of rotatable bonds is 10. The second-order valence-corrected chi connectivity index (χ2v) is 8.34. The Morgan fingerprint density at radius 2 is 1.94 bits per heavy atom. The Kier molecular flexibility index (Phi) is 8.50. The number of fused-ring (bicyclic) bond motifs is 1. The zero-order chi connectivity index (χ0) is 24.6. The molecule has 1 aliphatic rings. The number of aliphatic hydroxyl groups is 3. The van der Waals surface area contributed by atoms with Crippen LogP contribution in [0.1, 0.15) is 44.7 Å². The molecule has 10 nitrogen and oxygen atoms in total. The van der Waals surface area contributed by atoms with Gasteiger partial charge >= 0.3 is 0 Å². The number of unbranched alkanes of at least 4 members (excludes halogenated alkanes) is 3. The molecular weight excluding hydrogens is 450 g/mol. The quantitative estimate of drug-likeness (QED) is 0.253. The molecule has 3 heterocycles. The summed E-state index contributed by atoms with van der Waals surface area (Å²) in [7, 11) is 0. The molecule has 0 radical (unpaired) electrons. The molecule has 3 aromatic rings. The van der Waals surface area contributed by atoms with Gasteiger partial charge in [0.25, 0.3) is 0 Å². The fraction of sp³-hybridized carbons (Fsp3) is 0.480. The Morgan fingerprint density at radius 3 is 2.69 bits per heavy atom. The zero-order valence-corrected chi connectivity index (χ0v) is 19.7. The number of nitrogens with zero attached hydrogens (tertiary/aromatic N) is 4. The summed E-state index contributed by atoms with van der Waals surface area (Å²) in [5.74, 6) is 7.38. The molecule has 4 unspecified atom stereocenters. The fourth-order valence-corrected chi connectivity index (χ4v) is 3.90. The third-order valence-corrected chi connectivity index (χ3v) is 5.79. The Hall–Kier alpha value is -3.23. The lowest BCUT2D eigenvalue weighted by Gasteiger charge is -2.16.